The van der Waals surface area contributed by atoms with Gasteiger partial charge in [-0.05, 0) is 7.05 Å². The van der Waals surface area contributed by atoms with Crippen molar-refractivity contribution in [3.63, 3.8) is 0 Å². The normalized spacial score (nSPS) is 6.79. The molecule has 0 N–H and O–H groups in total. The van der Waals surface area contributed by atoms with Crippen LogP contribution in [0.1, 0.15) is 48.0 Å². The number of nitrogens with zero attached hydrogens (tertiary/aromatic N) is 2. The molecular weight excluding hydrogens is 250 g/mol. The zero-order valence-electron chi connectivity index (χ0n) is 11.2. The Balaban J connectivity index is -0.0000000883. The van der Waals surface area contributed by atoms with Gasteiger partial charge in [0.05, 0.1) is 0 Å². The van der Waals surface area contributed by atoms with E-state index in [0.29, 0.717) is 13.0 Å². The molecular formula is C10H25N2ORb. The Morgan fingerprint density at radius 3 is 1.71 bits per heavy atom. The van der Waals surface area contributed by atoms with Gasteiger partial charge in [0.15, 0.2) is 0 Å². The van der Waals surface area contributed by atoms with Crippen LogP contribution in [-0.2, 0) is 4.79 Å². The minimum Gasteiger partial charge on any atom is -0.566 e. The van der Waals surface area contributed by atoms with Gasteiger partial charge in [0.1, 0.15) is 0 Å². The van der Waals surface area contributed by atoms with Crippen molar-refractivity contribution in [3.05, 3.63) is 5.43 Å². The molecule has 0 radical (unpaired) electrons. The summed E-state index contributed by atoms with van der Waals surface area (Å²) in [5.41, 5.74) is 3.88. The molecule has 4 heteroatoms. The van der Waals surface area contributed by atoms with Gasteiger partial charge in [0, 0.05) is 6.42 Å². The minimum atomic E-state index is 0. The first-order valence-electron chi connectivity index (χ1n) is 5.16. The van der Waals surface area contributed by atoms with Crippen molar-refractivity contribution in [1.29, 1.82) is 0 Å². The fourth-order valence-corrected chi connectivity index (χ4v) is 0.520. The van der Waals surface area contributed by atoms with Crippen LogP contribution in [0, 0.1) is 0 Å². The van der Waals surface area contributed by atoms with Gasteiger partial charge in [0.25, 0.3) is 0 Å². The number of amides is 1. The van der Waals surface area contributed by atoms with E-state index in [1.165, 1.54) is 5.01 Å². The molecule has 0 spiro atoms. The molecule has 0 fully saturated rings. The molecule has 0 aromatic heterocycles. The molecule has 0 saturated carbocycles. The van der Waals surface area contributed by atoms with E-state index in [2.05, 4.69) is 5.43 Å². The van der Waals surface area contributed by atoms with Crippen LogP contribution >= 0.6 is 0 Å². The number of rotatable bonds is 3. The van der Waals surface area contributed by atoms with Crippen molar-refractivity contribution < 1.29 is 63.0 Å². The van der Waals surface area contributed by atoms with Gasteiger partial charge in [-0.15, -0.1) is 6.54 Å². The molecule has 0 bridgehead atoms. The second kappa shape index (κ2) is 23.8. The van der Waals surface area contributed by atoms with E-state index >= 15 is 0 Å². The fourth-order valence-electron chi connectivity index (χ4n) is 0.520. The van der Waals surface area contributed by atoms with Crippen LogP contribution in [0.4, 0.5) is 0 Å². The molecule has 82 valence electrons. The third kappa shape index (κ3) is 18.9. The average Bonchev–Trinajstić information content (AvgIpc) is 2.23. The molecule has 0 aliphatic heterocycles. The van der Waals surface area contributed by atoms with E-state index < -0.39 is 0 Å². The van der Waals surface area contributed by atoms with Gasteiger partial charge in [-0.2, -0.15) is 0 Å². The Labute approximate surface area is 139 Å². The SMILES string of the molecule is CC.CC.CC[N-]N(C)C(=O)CC.[Rb+]. The third-order valence-corrected chi connectivity index (χ3v) is 1.02. The first kappa shape index (κ1) is 24.5. The third-order valence-electron chi connectivity index (χ3n) is 1.02. The van der Waals surface area contributed by atoms with E-state index in [1.807, 2.05) is 41.5 Å². The summed E-state index contributed by atoms with van der Waals surface area (Å²) in [5.74, 6) is 0.0665. The predicted molar refractivity (Wildman–Crippen MR) is 59.7 cm³/mol. The standard InChI is InChI=1S/C6H13N2O.2C2H6.Rb/c1-4-6(9)8(3)7-5-2;2*1-2;/h4-5H2,1-3H3;2*1-2H3;/q-1;;;+1. The van der Waals surface area contributed by atoms with Crippen molar-refractivity contribution >= 4 is 5.91 Å². The Morgan fingerprint density at radius 1 is 1.14 bits per heavy atom. The van der Waals surface area contributed by atoms with Crippen LogP contribution in [-0.4, -0.2) is 24.5 Å². The molecule has 0 heterocycles. The minimum absolute atomic E-state index is 0. The van der Waals surface area contributed by atoms with Crippen molar-refractivity contribution in [2.45, 2.75) is 48.0 Å². The summed E-state index contributed by atoms with van der Waals surface area (Å²) in [7, 11) is 1.68. The first-order chi connectivity index (χ1) is 6.22. The van der Waals surface area contributed by atoms with Crippen LogP contribution in [0.5, 0.6) is 0 Å². The number of hydrogen-bond acceptors (Lipinski definition) is 1. The molecule has 1 amide bonds. The summed E-state index contributed by atoms with van der Waals surface area (Å²) in [5, 5.41) is 1.39. The summed E-state index contributed by atoms with van der Waals surface area (Å²) in [4.78, 5) is 10.7. The first-order valence-corrected chi connectivity index (χ1v) is 5.16. The Morgan fingerprint density at radius 2 is 1.50 bits per heavy atom. The Kier molecular flexibility index (Phi) is 41.6. The summed E-state index contributed by atoms with van der Waals surface area (Å²) in [6, 6.07) is 0. The Hall–Kier alpha value is 1.24. The maximum absolute atomic E-state index is 10.7. The molecule has 0 aliphatic rings. The topological polar surface area (TPSA) is 34.4 Å². The molecule has 0 aromatic rings. The zero-order valence-corrected chi connectivity index (χ0v) is 16.1. The van der Waals surface area contributed by atoms with Crippen LogP contribution in [0.3, 0.4) is 0 Å². The van der Waals surface area contributed by atoms with Crippen molar-refractivity contribution in [2.75, 3.05) is 13.6 Å². The number of carbonyl (C=O) groups excluding carboxylic acids is 1. The van der Waals surface area contributed by atoms with Gasteiger partial charge in [-0.1, -0.05) is 41.5 Å². The molecule has 0 rings (SSSR count). The number of carbonyl (C=O) groups is 1. The van der Waals surface area contributed by atoms with E-state index in [1.54, 1.807) is 7.05 Å². The summed E-state index contributed by atoms with van der Waals surface area (Å²) in [6.07, 6.45) is 0.528. The monoisotopic (exact) mass is 274 g/mol. The van der Waals surface area contributed by atoms with Crippen molar-refractivity contribution in [3.8, 4) is 0 Å². The van der Waals surface area contributed by atoms with Gasteiger partial charge in [0.2, 0.25) is 5.91 Å². The second-order valence-corrected chi connectivity index (χ2v) is 1.73. The Bertz CT molecular complexity index is 100. The van der Waals surface area contributed by atoms with E-state index in [4.69, 9.17) is 0 Å². The van der Waals surface area contributed by atoms with Gasteiger partial charge in [-0.25, -0.2) is 0 Å². The molecule has 0 atom stereocenters. The average molecular weight is 275 g/mol. The van der Waals surface area contributed by atoms with Gasteiger partial charge < -0.3 is 10.4 Å². The maximum atomic E-state index is 10.7. The molecule has 0 unspecified atom stereocenters. The van der Waals surface area contributed by atoms with Gasteiger partial charge >= 0.3 is 58.2 Å². The molecule has 0 aliphatic carbocycles. The van der Waals surface area contributed by atoms with Crippen LogP contribution < -0.4 is 58.2 Å². The molecule has 0 saturated heterocycles. The van der Waals surface area contributed by atoms with Crippen LogP contribution in [0.2, 0.25) is 0 Å². The van der Waals surface area contributed by atoms with Crippen LogP contribution in [0.25, 0.3) is 5.43 Å². The van der Waals surface area contributed by atoms with E-state index in [9.17, 15) is 4.79 Å². The quantitative estimate of drug-likeness (QED) is 0.678. The fraction of sp³-hybridized carbons (Fsp3) is 0.900. The molecule has 0 aromatic carbocycles. The maximum Gasteiger partial charge on any atom is 1.00 e. The predicted octanol–water partition coefficient (Wildman–Crippen LogP) is 0.220. The van der Waals surface area contributed by atoms with E-state index in [0.717, 1.165) is 0 Å². The van der Waals surface area contributed by atoms with Gasteiger partial charge in [-0.3, -0.25) is 4.79 Å². The number of hydrogen-bond donors (Lipinski definition) is 0. The zero-order chi connectivity index (χ0) is 11.3. The van der Waals surface area contributed by atoms with E-state index in [-0.39, 0.29) is 64.1 Å². The smallest absolute Gasteiger partial charge is 0.566 e. The second-order valence-electron chi connectivity index (χ2n) is 1.73. The largest absolute Gasteiger partial charge is 1.00 e. The van der Waals surface area contributed by atoms with Crippen molar-refractivity contribution in [1.82, 2.24) is 5.01 Å². The molecule has 3 nitrogen and oxygen atoms in total. The summed E-state index contributed by atoms with van der Waals surface area (Å²) >= 11 is 0. The van der Waals surface area contributed by atoms with Crippen LogP contribution in [0.15, 0.2) is 0 Å². The summed E-state index contributed by atoms with van der Waals surface area (Å²) in [6.45, 7) is 12.4. The summed E-state index contributed by atoms with van der Waals surface area (Å²) < 4.78 is 0. The van der Waals surface area contributed by atoms with Crippen molar-refractivity contribution in [2.24, 2.45) is 0 Å². The molecule has 14 heavy (non-hydrogen) atoms.